The van der Waals surface area contributed by atoms with Gasteiger partial charge in [0.05, 0.1) is 30.5 Å². The molecule has 5 rings (SSSR count). The molecule has 2 amide bonds. The van der Waals surface area contributed by atoms with Gasteiger partial charge in [-0.1, -0.05) is 25.0 Å². The van der Waals surface area contributed by atoms with Crippen molar-refractivity contribution in [1.82, 2.24) is 9.80 Å². The molecule has 30 heavy (non-hydrogen) atoms. The zero-order valence-electron chi connectivity index (χ0n) is 17.8. The van der Waals surface area contributed by atoms with Crippen LogP contribution in [-0.4, -0.2) is 67.0 Å². The van der Waals surface area contributed by atoms with Crippen LogP contribution < -0.4 is 5.32 Å². The predicted molar refractivity (Wildman–Crippen MR) is 116 cm³/mol. The highest BCUT2D eigenvalue weighted by atomic mass is 16.5. The first kappa shape index (κ1) is 19.9. The Labute approximate surface area is 178 Å². The zero-order valence-corrected chi connectivity index (χ0v) is 17.8. The maximum atomic E-state index is 13.6. The van der Waals surface area contributed by atoms with E-state index in [1.807, 2.05) is 21.9 Å². The van der Waals surface area contributed by atoms with Crippen molar-refractivity contribution in [2.75, 3.05) is 44.7 Å². The molecule has 0 unspecified atom stereocenters. The molecule has 2 atom stereocenters. The summed E-state index contributed by atoms with van der Waals surface area (Å²) in [6, 6.07) is 6.02. The number of para-hydroxylation sites is 1. The van der Waals surface area contributed by atoms with E-state index in [2.05, 4.69) is 11.4 Å². The van der Waals surface area contributed by atoms with E-state index in [1.165, 1.54) is 31.2 Å². The Morgan fingerprint density at radius 2 is 1.93 bits per heavy atom. The van der Waals surface area contributed by atoms with Crippen molar-refractivity contribution in [1.29, 1.82) is 0 Å². The number of anilines is 1. The van der Waals surface area contributed by atoms with E-state index in [1.54, 1.807) is 0 Å². The van der Waals surface area contributed by atoms with Crippen LogP contribution in [0.1, 0.15) is 54.4 Å². The first-order valence-electron chi connectivity index (χ1n) is 11.7. The van der Waals surface area contributed by atoms with Crippen molar-refractivity contribution in [2.24, 2.45) is 11.8 Å². The molecule has 3 heterocycles. The van der Waals surface area contributed by atoms with Crippen molar-refractivity contribution in [2.45, 2.75) is 51.0 Å². The highest BCUT2D eigenvalue weighted by Gasteiger charge is 2.38. The average Bonchev–Trinajstić information content (AvgIpc) is 3.08. The van der Waals surface area contributed by atoms with Gasteiger partial charge >= 0.3 is 0 Å². The van der Waals surface area contributed by atoms with E-state index in [-0.39, 0.29) is 23.8 Å². The lowest BCUT2D eigenvalue weighted by molar-refractivity contribution is -0.134. The van der Waals surface area contributed by atoms with Crippen LogP contribution in [0.4, 0.5) is 5.69 Å². The van der Waals surface area contributed by atoms with E-state index >= 15 is 0 Å². The lowest BCUT2D eigenvalue weighted by atomic mass is 9.98. The molecule has 0 aromatic heterocycles. The van der Waals surface area contributed by atoms with Gasteiger partial charge in [0.15, 0.2) is 0 Å². The third-order valence-corrected chi connectivity index (χ3v) is 7.32. The molecule has 6 nitrogen and oxygen atoms in total. The minimum atomic E-state index is -0.0390. The summed E-state index contributed by atoms with van der Waals surface area (Å²) in [5.74, 6) is 1.07. The Kier molecular flexibility index (Phi) is 5.68. The summed E-state index contributed by atoms with van der Waals surface area (Å²) in [5, 5.41) is 3.45. The standard InChI is InChI=1S/C24H33N3O3/c28-22(11-17-5-1-2-6-17)27-13-18-12-26(14-20(27)16-30-15-18)24(29)21-9-3-7-19-8-4-10-25-23(19)21/h3,7,9,17-18,20,25H,1-2,4-6,8,10-16H2/t18-,20-/m0/s1. The van der Waals surface area contributed by atoms with Crippen LogP contribution in [0.3, 0.4) is 0 Å². The van der Waals surface area contributed by atoms with Crippen LogP contribution in [0.5, 0.6) is 0 Å². The second-order valence-electron chi connectivity index (χ2n) is 9.54. The topological polar surface area (TPSA) is 61.9 Å². The molecule has 0 spiro atoms. The molecule has 6 heteroatoms. The molecule has 162 valence electrons. The smallest absolute Gasteiger partial charge is 0.256 e. The van der Waals surface area contributed by atoms with Gasteiger partial charge in [0, 0.05) is 38.5 Å². The highest BCUT2D eigenvalue weighted by Crippen LogP contribution is 2.31. The number of nitrogens with one attached hydrogen (secondary N) is 1. The Morgan fingerprint density at radius 1 is 1.07 bits per heavy atom. The van der Waals surface area contributed by atoms with Gasteiger partial charge in [-0.05, 0) is 43.2 Å². The summed E-state index contributed by atoms with van der Waals surface area (Å²) in [6.45, 7) is 4.01. The molecule has 1 aromatic carbocycles. The molecule has 1 aliphatic carbocycles. The summed E-state index contributed by atoms with van der Waals surface area (Å²) >= 11 is 0. The lowest BCUT2D eigenvalue weighted by Gasteiger charge is -2.32. The van der Waals surface area contributed by atoms with E-state index in [0.717, 1.165) is 30.6 Å². The number of hydrogen-bond acceptors (Lipinski definition) is 4. The monoisotopic (exact) mass is 411 g/mol. The summed E-state index contributed by atoms with van der Waals surface area (Å²) in [6.07, 6.45) is 7.66. The molecule has 1 aromatic rings. The molecular formula is C24H33N3O3. The highest BCUT2D eigenvalue weighted by molar-refractivity contribution is 6.00. The Bertz CT molecular complexity index is 805. The van der Waals surface area contributed by atoms with Crippen molar-refractivity contribution >= 4 is 17.5 Å². The summed E-state index contributed by atoms with van der Waals surface area (Å²) in [4.78, 5) is 30.7. The third kappa shape index (κ3) is 3.94. The number of ether oxygens (including phenoxy) is 1. The van der Waals surface area contributed by atoms with Gasteiger partial charge in [0.1, 0.15) is 0 Å². The molecular weight excluding hydrogens is 378 g/mol. The van der Waals surface area contributed by atoms with Gasteiger partial charge in [-0.2, -0.15) is 0 Å². The quantitative estimate of drug-likeness (QED) is 0.831. The number of aryl methyl sites for hydroxylation is 1. The minimum Gasteiger partial charge on any atom is -0.384 e. The van der Waals surface area contributed by atoms with Gasteiger partial charge in [0.25, 0.3) is 5.91 Å². The van der Waals surface area contributed by atoms with Crippen molar-refractivity contribution < 1.29 is 14.3 Å². The number of carbonyl (C=O) groups excluding carboxylic acids is 2. The number of rotatable bonds is 3. The molecule has 2 bridgehead atoms. The van der Waals surface area contributed by atoms with Crippen LogP contribution in [0.25, 0.3) is 0 Å². The van der Waals surface area contributed by atoms with Crippen LogP contribution in [-0.2, 0) is 16.0 Å². The van der Waals surface area contributed by atoms with Gasteiger partial charge < -0.3 is 19.9 Å². The molecule has 2 saturated heterocycles. The van der Waals surface area contributed by atoms with Gasteiger partial charge in [-0.25, -0.2) is 0 Å². The van der Waals surface area contributed by atoms with Gasteiger partial charge in [0.2, 0.25) is 5.91 Å². The third-order valence-electron chi connectivity index (χ3n) is 7.32. The van der Waals surface area contributed by atoms with Crippen molar-refractivity contribution in [3.63, 3.8) is 0 Å². The van der Waals surface area contributed by atoms with Crippen LogP contribution in [0.15, 0.2) is 18.2 Å². The molecule has 4 aliphatic rings. The van der Waals surface area contributed by atoms with Crippen LogP contribution >= 0.6 is 0 Å². The van der Waals surface area contributed by atoms with Gasteiger partial charge in [-0.15, -0.1) is 0 Å². The summed E-state index contributed by atoms with van der Waals surface area (Å²) in [7, 11) is 0. The lowest BCUT2D eigenvalue weighted by Crippen LogP contribution is -2.48. The average molecular weight is 412 g/mol. The maximum absolute atomic E-state index is 13.6. The number of fused-ring (bicyclic) bond motifs is 4. The first-order valence-corrected chi connectivity index (χ1v) is 11.7. The Morgan fingerprint density at radius 3 is 2.80 bits per heavy atom. The second-order valence-corrected chi connectivity index (χ2v) is 9.54. The van der Waals surface area contributed by atoms with E-state index < -0.39 is 0 Å². The number of nitrogens with zero attached hydrogens (tertiary/aromatic N) is 2. The van der Waals surface area contributed by atoms with Crippen LogP contribution in [0, 0.1) is 11.8 Å². The van der Waals surface area contributed by atoms with E-state index in [0.29, 0.717) is 45.2 Å². The molecule has 1 N–H and O–H groups in total. The normalized spacial score (nSPS) is 26.7. The van der Waals surface area contributed by atoms with Crippen molar-refractivity contribution in [3.8, 4) is 0 Å². The molecule has 3 fully saturated rings. The molecule has 0 radical (unpaired) electrons. The van der Waals surface area contributed by atoms with E-state index in [4.69, 9.17) is 4.74 Å². The van der Waals surface area contributed by atoms with Crippen molar-refractivity contribution in [3.05, 3.63) is 29.3 Å². The SMILES string of the molecule is O=C(c1cccc2c1NCCC2)N1C[C@@H]2COC[C@H](C1)N(C(=O)CC1CCCC1)C2. The predicted octanol–water partition coefficient (Wildman–Crippen LogP) is 2.92. The maximum Gasteiger partial charge on any atom is 0.256 e. The number of hydrogen-bond donors (Lipinski definition) is 1. The number of benzene rings is 1. The fourth-order valence-electron chi connectivity index (χ4n) is 5.75. The van der Waals surface area contributed by atoms with Gasteiger partial charge in [-0.3, -0.25) is 9.59 Å². The number of amides is 2. The number of carbonyl (C=O) groups is 2. The Balaban J connectivity index is 1.34. The molecule has 3 aliphatic heterocycles. The zero-order chi connectivity index (χ0) is 20.5. The fourth-order valence-corrected chi connectivity index (χ4v) is 5.75. The van der Waals surface area contributed by atoms with E-state index in [9.17, 15) is 9.59 Å². The minimum absolute atomic E-state index is 0.0390. The largest absolute Gasteiger partial charge is 0.384 e. The first-order chi connectivity index (χ1) is 14.7. The second kappa shape index (κ2) is 8.58. The summed E-state index contributed by atoms with van der Waals surface area (Å²) in [5.41, 5.74) is 3.02. The van der Waals surface area contributed by atoms with Crippen LogP contribution in [0.2, 0.25) is 0 Å². The summed E-state index contributed by atoms with van der Waals surface area (Å²) < 4.78 is 5.89. The Hall–Kier alpha value is -2.08. The fraction of sp³-hybridized carbons (Fsp3) is 0.667. The molecule has 1 saturated carbocycles.